The van der Waals surface area contributed by atoms with Crippen LogP contribution in [0, 0.1) is 0 Å². The van der Waals surface area contributed by atoms with Gasteiger partial charge in [0.05, 0.1) is 11.4 Å². The summed E-state index contributed by atoms with van der Waals surface area (Å²) >= 11 is 0. The van der Waals surface area contributed by atoms with Gasteiger partial charge in [-0.3, -0.25) is 4.79 Å². The number of aromatic amines is 1. The fourth-order valence-electron chi connectivity index (χ4n) is 4.00. The van der Waals surface area contributed by atoms with Crippen molar-refractivity contribution in [3.63, 3.8) is 0 Å². The molecule has 0 unspecified atom stereocenters. The summed E-state index contributed by atoms with van der Waals surface area (Å²) < 4.78 is 5.82. The predicted octanol–water partition coefficient (Wildman–Crippen LogP) is 2.44. The summed E-state index contributed by atoms with van der Waals surface area (Å²) in [5.41, 5.74) is 10.2. The summed E-state index contributed by atoms with van der Waals surface area (Å²) in [7, 11) is 1.93. The van der Waals surface area contributed by atoms with Crippen molar-refractivity contribution < 1.29 is 9.53 Å². The minimum Gasteiger partial charge on any atom is -0.484 e. The average Bonchev–Trinajstić information content (AvgIpc) is 3.20. The van der Waals surface area contributed by atoms with Crippen molar-refractivity contribution in [3.05, 3.63) is 54.2 Å². The van der Waals surface area contributed by atoms with Crippen LogP contribution in [0.4, 0.5) is 11.4 Å². The first kappa shape index (κ1) is 20.1. The number of hydrogen-bond acceptors (Lipinski definition) is 5. The molecule has 3 aromatic rings. The number of nitrogens with zero attached hydrogens (tertiary/aromatic N) is 2. The number of nitrogens with one attached hydrogen (secondary N) is 2. The number of anilines is 2. The maximum atomic E-state index is 12.7. The minimum atomic E-state index is 0.0212. The number of amides is 1. The number of carbonyl (C=O) groups excluding carboxylic acids is 1. The number of piperazine rings is 1. The second-order valence-electron chi connectivity index (χ2n) is 7.48. The van der Waals surface area contributed by atoms with E-state index < -0.39 is 0 Å². The summed E-state index contributed by atoms with van der Waals surface area (Å²) in [4.78, 5) is 20.1. The van der Waals surface area contributed by atoms with Gasteiger partial charge in [-0.2, -0.15) is 0 Å². The lowest BCUT2D eigenvalue weighted by molar-refractivity contribution is -0.133. The van der Waals surface area contributed by atoms with Gasteiger partial charge in [0.1, 0.15) is 5.75 Å². The molecule has 1 saturated heterocycles. The first-order valence-electron chi connectivity index (χ1n) is 10.4. The average molecular weight is 408 g/mol. The van der Waals surface area contributed by atoms with Gasteiger partial charge < -0.3 is 30.6 Å². The van der Waals surface area contributed by atoms with Crippen LogP contribution in [0.2, 0.25) is 0 Å². The van der Waals surface area contributed by atoms with Gasteiger partial charge in [-0.05, 0) is 48.9 Å². The Kier molecular flexibility index (Phi) is 6.09. The van der Waals surface area contributed by atoms with Crippen LogP contribution in [0.5, 0.6) is 5.75 Å². The van der Waals surface area contributed by atoms with Crippen molar-refractivity contribution in [2.45, 2.75) is 6.42 Å². The van der Waals surface area contributed by atoms with E-state index in [0.29, 0.717) is 25.4 Å². The topological polar surface area (TPSA) is 86.6 Å². The van der Waals surface area contributed by atoms with E-state index in [-0.39, 0.29) is 12.5 Å². The maximum absolute atomic E-state index is 12.7. The highest BCUT2D eigenvalue weighted by molar-refractivity contribution is 5.85. The lowest BCUT2D eigenvalue weighted by atomic mass is 10.1. The number of hydrogen-bond donors (Lipinski definition) is 3. The molecule has 7 nitrogen and oxygen atoms in total. The van der Waals surface area contributed by atoms with Crippen LogP contribution in [-0.2, 0) is 11.2 Å². The number of H-pyrrole nitrogens is 1. The van der Waals surface area contributed by atoms with Gasteiger partial charge in [0, 0.05) is 50.3 Å². The van der Waals surface area contributed by atoms with Gasteiger partial charge in [0.2, 0.25) is 0 Å². The van der Waals surface area contributed by atoms with Gasteiger partial charge in [-0.1, -0.05) is 12.1 Å². The molecule has 4 rings (SSSR count). The third-order valence-corrected chi connectivity index (χ3v) is 5.66. The number of rotatable bonds is 7. The Morgan fingerprint density at radius 1 is 1.17 bits per heavy atom. The Labute approximate surface area is 176 Å². The Morgan fingerprint density at radius 3 is 2.73 bits per heavy atom. The second-order valence-corrected chi connectivity index (χ2v) is 7.48. The van der Waals surface area contributed by atoms with Gasteiger partial charge >= 0.3 is 0 Å². The quantitative estimate of drug-likeness (QED) is 0.560. The molecular formula is C23H29N5O2. The smallest absolute Gasteiger partial charge is 0.260 e. The highest BCUT2D eigenvalue weighted by Crippen LogP contribution is 2.26. The molecule has 2 heterocycles. The number of benzene rings is 2. The molecule has 0 saturated carbocycles. The molecule has 158 valence electrons. The summed E-state index contributed by atoms with van der Waals surface area (Å²) in [6.07, 6.45) is 2.79. The number of para-hydroxylation sites is 2. The van der Waals surface area contributed by atoms with Crippen molar-refractivity contribution in [2.24, 2.45) is 5.73 Å². The Morgan fingerprint density at radius 2 is 1.97 bits per heavy atom. The molecular weight excluding hydrogens is 378 g/mol. The molecule has 1 aromatic heterocycles. The van der Waals surface area contributed by atoms with Crippen LogP contribution in [0.25, 0.3) is 10.9 Å². The lowest BCUT2D eigenvalue weighted by Gasteiger charge is -2.36. The van der Waals surface area contributed by atoms with E-state index in [4.69, 9.17) is 10.5 Å². The fourth-order valence-corrected chi connectivity index (χ4v) is 4.00. The van der Waals surface area contributed by atoms with E-state index in [1.807, 2.05) is 48.5 Å². The van der Waals surface area contributed by atoms with Gasteiger partial charge in [0.25, 0.3) is 5.91 Å². The number of nitrogens with two attached hydrogens (primary N) is 1. The Hall–Kier alpha value is -3.19. The third kappa shape index (κ3) is 4.21. The Balaban J connectivity index is 1.33. The normalized spacial score (nSPS) is 14.2. The molecule has 30 heavy (non-hydrogen) atoms. The van der Waals surface area contributed by atoms with E-state index in [2.05, 4.69) is 27.3 Å². The van der Waals surface area contributed by atoms with Crippen LogP contribution in [0.3, 0.4) is 0 Å². The van der Waals surface area contributed by atoms with Crippen LogP contribution in [0.1, 0.15) is 5.56 Å². The van der Waals surface area contributed by atoms with Gasteiger partial charge in [-0.15, -0.1) is 0 Å². The molecule has 0 spiro atoms. The molecule has 1 aliphatic rings. The molecule has 1 aliphatic heterocycles. The maximum Gasteiger partial charge on any atom is 0.260 e. The lowest BCUT2D eigenvalue weighted by Crippen LogP contribution is -2.50. The molecule has 2 aromatic carbocycles. The molecule has 1 fully saturated rings. The van der Waals surface area contributed by atoms with Gasteiger partial charge in [0.15, 0.2) is 6.61 Å². The zero-order valence-electron chi connectivity index (χ0n) is 17.4. The summed E-state index contributed by atoms with van der Waals surface area (Å²) in [6, 6.07) is 14.1. The van der Waals surface area contributed by atoms with Crippen molar-refractivity contribution in [3.8, 4) is 5.75 Å². The molecule has 1 amide bonds. The van der Waals surface area contributed by atoms with Crippen molar-refractivity contribution >= 4 is 28.2 Å². The molecule has 4 N–H and O–H groups in total. The largest absolute Gasteiger partial charge is 0.484 e. The standard InChI is InChI=1S/C23H29N5O2/c1-25-21-4-2-3-5-22(21)27-10-12-28(13-11-27)23(29)16-30-18-6-7-20-19(14-18)17(8-9-24)15-26-20/h2-7,14-15,25-26H,8-13,16,24H2,1H3. The summed E-state index contributed by atoms with van der Waals surface area (Å²) in [6.45, 7) is 3.65. The minimum absolute atomic E-state index is 0.0212. The molecule has 7 heteroatoms. The highest BCUT2D eigenvalue weighted by Gasteiger charge is 2.22. The summed E-state index contributed by atoms with van der Waals surface area (Å²) in [5.74, 6) is 0.725. The monoisotopic (exact) mass is 407 g/mol. The van der Waals surface area contributed by atoms with Crippen molar-refractivity contribution in [1.82, 2.24) is 9.88 Å². The molecule has 0 atom stereocenters. The predicted molar refractivity (Wildman–Crippen MR) is 121 cm³/mol. The van der Waals surface area contributed by atoms with E-state index in [9.17, 15) is 4.79 Å². The third-order valence-electron chi connectivity index (χ3n) is 5.66. The van der Waals surface area contributed by atoms with E-state index in [1.165, 1.54) is 11.3 Å². The zero-order chi connectivity index (χ0) is 20.9. The number of fused-ring (bicyclic) bond motifs is 1. The van der Waals surface area contributed by atoms with E-state index >= 15 is 0 Å². The number of carbonyl (C=O) groups is 1. The van der Waals surface area contributed by atoms with Crippen LogP contribution in [-0.4, -0.2) is 62.2 Å². The van der Waals surface area contributed by atoms with Crippen LogP contribution < -0.4 is 20.7 Å². The highest BCUT2D eigenvalue weighted by atomic mass is 16.5. The fraction of sp³-hybridized carbons (Fsp3) is 0.348. The Bertz CT molecular complexity index is 1010. The molecule has 0 bridgehead atoms. The summed E-state index contributed by atoms with van der Waals surface area (Å²) in [5, 5.41) is 4.34. The molecule has 0 aliphatic carbocycles. The van der Waals surface area contributed by atoms with Crippen molar-refractivity contribution in [1.29, 1.82) is 0 Å². The molecule has 0 radical (unpaired) electrons. The number of ether oxygens (including phenoxy) is 1. The first-order chi connectivity index (χ1) is 14.7. The van der Waals surface area contributed by atoms with E-state index in [0.717, 1.165) is 36.1 Å². The van der Waals surface area contributed by atoms with Crippen LogP contribution >= 0.6 is 0 Å². The number of aromatic nitrogens is 1. The zero-order valence-corrected chi connectivity index (χ0v) is 17.4. The van der Waals surface area contributed by atoms with Crippen LogP contribution in [0.15, 0.2) is 48.7 Å². The van der Waals surface area contributed by atoms with E-state index in [1.54, 1.807) is 0 Å². The second kappa shape index (κ2) is 9.09. The van der Waals surface area contributed by atoms with Gasteiger partial charge in [-0.25, -0.2) is 0 Å². The van der Waals surface area contributed by atoms with Crippen molar-refractivity contribution in [2.75, 3.05) is 56.6 Å². The first-order valence-corrected chi connectivity index (χ1v) is 10.4. The SMILES string of the molecule is CNc1ccccc1N1CCN(C(=O)COc2ccc3[nH]cc(CCN)c3c2)CC1.